The molecule has 0 aromatic heterocycles. The predicted molar refractivity (Wildman–Crippen MR) is 60.2 cm³/mol. The lowest BCUT2D eigenvalue weighted by Crippen LogP contribution is -2.27. The largest absolute Gasteiger partial charge is 0.213 e. The fourth-order valence-corrected chi connectivity index (χ4v) is 2.91. The fourth-order valence-electron chi connectivity index (χ4n) is 2.03. The second-order valence-electron chi connectivity index (χ2n) is 4.02. The molecule has 2 rings (SSSR count). The quantitative estimate of drug-likeness (QED) is 0.763. The minimum atomic E-state index is -3.01. The van der Waals surface area contributed by atoms with Crippen molar-refractivity contribution >= 4 is 10.0 Å². The first-order valence-electron chi connectivity index (χ1n) is 5.07. The van der Waals surface area contributed by atoms with Crippen LogP contribution in [0.1, 0.15) is 17.9 Å². The van der Waals surface area contributed by atoms with Gasteiger partial charge in [-0.05, 0) is 17.9 Å². The Morgan fingerprint density at radius 1 is 1.27 bits per heavy atom. The zero-order valence-electron chi connectivity index (χ0n) is 8.76. The van der Waals surface area contributed by atoms with Crippen molar-refractivity contribution in [2.45, 2.75) is 12.3 Å². The molecule has 4 heteroatoms. The summed E-state index contributed by atoms with van der Waals surface area (Å²) in [6, 6.07) is 10.1. The SMILES string of the molecule is CS(=O)(=O)N1CC[C@@H](c2ccccc2)C1. The van der Waals surface area contributed by atoms with E-state index in [1.807, 2.05) is 18.2 Å². The maximum absolute atomic E-state index is 11.3. The van der Waals surface area contributed by atoms with Gasteiger partial charge < -0.3 is 0 Å². The molecule has 1 aromatic carbocycles. The second kappa shape index (κ2) is 3.94. The Kier molecular flexibility index (Phi) is 2.80. The van der Waals surface area contributed by atoms with E-state index in [1.165, 1.54) is 11.8 Å². The van der Waals surface area contributed by atoms with Gasteiger partial charge in [0.15, 0.2) is 0 Å². The van der Waals surface area contributed by atoms with Gasteiger partial charge in [-0.25, -0.2) is 12.7 Å². The summed E-state index contributed by atoms with van der Waals surface area (Å²) >= 11 is 0. The zero-order valence-corrected chi connectivity index (χ0v) is 9.57. The first kappa shape index (κ1) is 10.6. The van der Waals surface area contributed by atoms with Gasteiger partial charge in [-0.3, -0.25) is 0 Å². The Morgan fingerprint density at radius 3 is 2.47 bits per heavy atom. The van der Waals surface area contributed by atoms with Crippen molar-refractivity contribution in [3.8, 4) is 0 Å². The van der Waals surface area contributed by atoms with Crippen molar-refractivity contribution in [3.05, 3.63) is 35.9 Å². The summed E-state index contributed by atoms with van der Waals surface area (Å²) in [4.78, 5) is 0. The molecule has 0 saturated carbocycles. The van der Waals surface area contributed by atoms with Crippen LogP contribution in [0.25, 0.3) is 0 Å². The molecule has 3 nitrogen and oxygen atoms in total. The number of benzene rings is 1. The van der Waals surface area contributed by atoms with E-state index in [0.717, 1.165) is 6.42 Å². The molecule has 0 unspecified atom stereocenters. The average Bonchev–Trinajstić information content (AvgIpc) is 2.67. The highest BCUT2D eigenvalue weighted by Gasteiger charge is 2.29. The summed E-state index contributed by atoms with van der Waals surface area (Å²) < 4.78 is 24.2. The van der Waals surface area contributed by atoms with E-state index in [4.69, 9.17) is 0 Å². The number of hydrogen-bond donors (Lipinski definition) is 0. The number of hydrogen-bond acceptors (Lipinski definition) is 2. The van der Waals surface area contributed by atoms with Gasteiger partial charge in [0.1, 0.15) is 0 Å². The van der Waals surface area contributed by atoms with Crippen LogP contribution in [0, 0.1) is 0 Å². The highest BCUT2D eigenvalue weighted by atomic mass is 32.2. The number of nitrogens with zero attached hydrogens (tertiary/aromatic N) is 1. The van der Waals surface area contributed by atoms with Crippen molar-refractivity contribution in [2.75, 3.05) is 19.3 Å². The van der Waals surface area contributed by atoms with Crippen LogP contribution in [0.15, 0.2) is 30.3 Å². The van der Waals surface area contributed by atoms with Gasteiger partial charge in [0.2, 0.25) is 10.0 Å². The summed E-state index contributed by atoms with van der Waals surface area (Å²) in [6.45, 7) is 1.28. The van der Waals surface area contributed by atoms with E-state index >= 15 is 0 Å². The molecule has 0 spiro atoms. The molecule has 1 saturated heterocycles. The zero-order chi connectivity index (χ0) is 10.9. The first-order valence-corrected chi connectivity index (χ1v) is 6.92. The van der Waals surface area contributed by atoms with E-state index in [9.17, 15) is 8.42 Å². The molecule has 1 aromatic rings. The smallest absolute Gasteiger partial charge is 0.211 e. The lowest BCUT2D eigenvalue weighted by molar-refractivity contribution is 0.478. The van der Waals surface area contributed by atoms with Gasteiger partial charge in [-0.2, -0.15) is 0 Å². The summed E-state index contributed by atoms with van der Waals surface area (Å²) in [5.41, 5.74) is 1.24. The Hall–Kier alpha value is -0.870. The standard InChI is InChI=1S/C11H15NO2S/c1-15(13,14)12-8-7-11(9-12)10-5-3-2-4-6-10/h2-6,11H,7-9H2,1H3/t11-/m1/s1. The van der Waals surface area contributed by atoms with Gasteiger partial charge in [-0.1, -0.05) is 30.3 Å². The molecule has 15 heavy (non-hydrogen) atoms. The highest BCUT2D eigenvalue weighted by Crippen LogP contribution is 2.27. The van der Waals surface area contributed by atoms with Crippen LogP contribution in [0.3, 0.4) is 0 Å². The molecule has 0 N–H and O–H groups in total. The van der Waals surface area contributed by atoms with Crippen LogP contribution in [0.5, 0.6) is 0 Å². The van der Waals surface area contributed by atoms with Gasteiger partial charge in [0.05, 0.1) is 6.26 Å². The van der Waals surface area contributed by atoms with Crippen molar-refractivity contribution in [1.29, 1.82) is 0 Å². The second-order valence-corrected chi connectivity index (χ2v) is 6.00. The summed E-state index contributed by atoms with van der Waals surface area (Å²) in [5, 5.41) is 0. The summed E-state index contributed by atoms with van der Waals surface area (Å²) in [5.74, 6) is 0.362. The third-order valence-electron chi connectivity index (χ3n) is 2.89. The maximum Gasteiger partial charge on any atom is 0.211 e. The van der Waals surface area contributed by atoms with Gasteiger partial charge in [0.25, 0.3) is 0 Å². The van der Waals surface area contributed by atoms with E-state index in [1.54, 1.807) is 4.31 Å². The molecule has 0 aliphatic carbocycles. The minimum absolute atomic E-state index is 0.362. The third kappa shape index (κ3) is 2.38. The number of rotatable bonds is 2. The van der Waals surface area contributed by atoms with E-state index in [2.05, 4.69) is 12.1 Å². The van der Waals surface area contributed by atoms with Crippen LogP contribution in [-0.2, 0) is 10.0 Å². The summed E-state index contributed by atoms with van der Waals surface area (Å²) in [7, 11) is -3.01. The van der Waals surface area contributed by atoms with Crippen LogP contribution in [0.4, 0.5) is 0 Å². The van der Waals surface area contributed by atoms with E-state index < -0.39 is 10.0 Å². The fraction of sp³-hybridized carbons (Fsp3) is 0.455. The molecule has 0 amide bonds. The molecule has 1 fully saturated rings. The molecule has 0 bridgehead atoms. The van der Waals surface area contributed by atoms with E-state index in [0.29, 0.717) is 19.0 Å². The molecule has 82 valence electrons. The van der Waals surface area contributed by atoms with E-state index in [-0.39, 0.29) is 0 Å². The van der Waals surface area contributed by atoms with Crippen LogP contribution >= 0.6 is 0 Å². The van der Waals surface area contributed by atoms with Crippen molar-refractivity contribution in [2.24, 2.45) is 0 Å². The highest BCUT2D eigenvalue weighted by molar-refractivity contribution is 7.88. The molecule has 1 aliphatic rings. The topological polar surface area (TPSA) is 37.4 Å². The van der Waals surface area contributed by atoms with Gasteiger partial charge >= 0.3 is 0 Å². The van der Waals surface area contributed by atoms with Crippen molar-refractivity contribution in [3.63, 3.8) is 0 Å². The molecule has 1 atom stereocenters. The Bertz CT molecular complexity index is 427. The predicted octanol–water partition coefficient (Wildman–Crippen LogP) is 1.44. The lowest BCUT2D eigenvalue weighted by Gasteiger charge is -2.13. The molecule has 1 aliphatic heterocycles. The first-order chi connectivity index (χ1) is 7.07. The monoisotopic (exact) mass is 225 g/mol. The maximum atomic E-state index is 11.3. The Morgan fingerprint density at radius 2 is 1.93 bits per heavy atom. The number of sulfonamides is 1. The van der Waals surface area contributed by atoms with Gasteiger partial charge in [0, 0.05) is 13.1 Å². The van der Waals surface area contributed by atoms with Crippen LogP contribution < -0.4 is 0 Å². The summed E-state index contributed by atoms with van der Waals surface area (Å²) in [6.07, 6.45) is 2.21. The van der Waals surface area contributed by atoms with Crippen LogP contribution in [-0.4, -0.2) is 32.1 Å². The van der Waals surface area contributed by atoms with Crippen LogP contribution in [0.2, 0.25) is 0 Å². The third-order valence-corrected chi connectivity index (χ3v) is 4.16. The molecule has 0 radical (unpaired) electrons. The normalized spacial score (nSPS) is 23.1. The minimum Gasteiger partial charge on any atom is -0.213 e. The molecule has 1 heterocycles. The molecular formula is C11H15NO2S. The Labute approximate surface area is 90.8 Å². The van der Waals surface area contributed by atoms with Crippen molar-refractivity contribution in [1.82, 2.24) is 4.31 Å². The van der Waals surface area contributed by atoms with Crippen molar-refractivity contribution < 1.29 is 8.42 Å². The average molecular weight is 225 g/mol. The molecular weight excluding hydrogens is 210 g/mol. The van der Waals surface area contributed by atoms with Gasteiger partial charge in [-0.15, -0.1) is 0 Å². The Balaban J connectivity index is 2.12. The lowest BCUT2D eigenvalue weighted by atomic mass is 9.99.